The number of nitrogens with two attached hydrogens (primary N) is 2. The van der Waals surface area contributed by atoms with E-state index in [4.69, 9.17) is 16.2 Å². The van der Waals surface area contributed by atoms with Crippen LogP contribution in [0.5, 0.6) is 11.5 Å². The first kappa shape index (κ1) is 15.8. The van der Waals surface area contributed by atoms with Crippen LogP contribution in [0.2, 0.25) is 0 Å². The second kappa shape index (κ2) is 6.99. The van der Waals surface area contributed by atoms with Gasteiger partial charge in [-0.3, -0.25) is 9.78 Å². The maximum absolute atomic E-state index is 12.1. The minimum atomic E-state index is -0.469. The van der Waals surface area contributed by atoms with E-state index in [1.807, 2.05) is 12.1 Å². The van der Waals surface area contributed by atoms with Gasteiger partial charge in [-0.1, -0.05) is 0 Å². The zero-order valence-electron chi connectivity index (χ0n) is 13.2. The third-order valence-corrected chi connectivity index (χ3v) is 3.75. The quantitative estimate of drug-likeness (QED) is 0.656. The molecular weight excluding hydrogens is 306 g/mol. The molecule has 2 aromatic rings. The first-order chi connectivity index (χ1) is 11.6. The van der Waals surface area contributed by atoms with Crippen LogP contribution in [0.25, 0.3) is 0 Å². The van der Waals surface area contributed by atoms with Gasteiger partial charge in [0.05, 0.1) is 11.9 Å². The summed E-state index contributed by atoms with van der Waals surface area (Å²) in [5.74, 6) is 0.592. The topological polar surface area (TPSA) is 107 Å². The Hall–Kier alpha value is -3.09. The predicted molar refractivity (Wildman–Crippen MR) is 92.3 cm³/mol. The van der Waals surface area contributed by atoms with Crippen molar-refractivity contribution in [2.24, 2.45) is 16.5 Å². The Morgan fingerprint density at radius 1 is 1.21 bits per heavy atom. The zero-order chi connectivity index (χ0) is 16.9. The van der Waals surface area contributed by atoms with E-state index in [0.29, 0.717) is 17.1 Å². The van der Waals surface area contributed by atoms with E-state index >= 15 is 0 Å². The maximum Gasteiger partial charge on any atom is 0.280 e. The Labute approximate surface area is 140 Å². The van der Waals surface area contributed by atoms with Crippen molar-refractivity contribution in [1.29, 1.82) is 0 Å². The summed E-state index contributed by atoms with van der Waals surface area (Å²) in [4.78, 5) is 21.9. The molecule has 0 unspecified atom stereocenters. The molecule has 1 aliphatic rings. The highest BCUT2D eigenvalue weighted by atomic mass is 16.5. The Balaban J connectivity index is 1.95. The molecular formula is C17H19N5O2. The molecule has 124 valence electrons. The fraction of sp³-hybridized carbons (Fsp3) is 0.235. The van der Waals surface area contributed by atoms with Crippen LogP contribution in [0.1, 0.15) is 23.2 Å². The molecule has 1 fully saturated rings. The second-order valence-corrected chi connectivity index (χ2v) is 5.51. The van der Waals surface area contributed by atoms with E-state index in [-0.39, 0.29) is 5.96 Å². The Kier molecular flexibility index (Phi) is 4.60. The maximum atomic E-state index is 12.1. The SMILES string of the molecule is NC(N)=NC(=O)c1ccc(Oc2cccnc2)c(N2CCCC2)c1. The molecule has 0 bridgehead atoms. The number of nitrogens with zero attached hydrogens (tertiary/aromatic N) is 3. The molecule has 0 radical (unpaired) electrons. The van der Waals surface area contributed by atoms with E-state index in [1.54, 1.807) is 30.6 Å². The number of hydrogen-bond donors (Lipinski definition) is 2. The lowest BCUT2D eigenvalue weighted by atomic mass is 10.1. The van der Waals surface area contributed by atoms with Crippen LogP contribution < -0.4 is 21.1 Å². The smallest absolute Gasteiger partial charge is 0.280 e. The molecule has 0 spiro atoms. The fourth-order valence-corrected chi connectivity index (χ4v) is 2.66. The normalized spacial score (nSPS) is 13.6. The Bertz CT molecular complexity index is 751. The minimum Gasteiger partial charge on any atom is -0.454 e. The lowest BCUT2D eigenvalue weighted by Crippen LogP contribution is -2.24. The van der Waals surface area contributed by atoms with Gasteiger partial charge in [0.1, 0.15) is 5.75 Å². The highest BCUT2D eigenvalue weighted by molar-refractivity contribution is 6.02. The van der Waals surface area contributed by atoms with Crippen LogP contribution in [-0.4, -0.2) is 29.9 Å². The van der Waals surface area contributed by atoms with Gasteiger partial charge < -0.3 is 21.1 Å². The molecule has 0 aliphatic carbocycles. The summed E-state index contributed by atoms with van der Waals surface area (Å²) in [6.07, 6.45) is 5.55. The van der Waals surface area contributed by atoms with Crippen molar-refractivity contribution >= 4 is 17.6 Å². The average molecular weight is 325 g/mol. The number of guanidine groups is 1. The van der Waals surface area contributed by atoms with Crippen LogP contribution >= 0.6 is 0 Å². The molecule has 3 rings (SSSR count). The van der Waals surface area contributed by atoms with Gasteiger partial charge in [-0.25, -0.2) is 0 Å². The van der Waals surface area contributed by atoms with Crippen molar-refractivity contribution in [3.8, 4) is 11.5 Å². The van der Waals surface area contributed by atoms with Gasteiger partial charge in [0.2, 0.25) is 0 Å². The van der Waals surface area contributed by atoms with Crippen LogP contribution in [0.15, 0.2) is 47.7 Å². The minimum absolute atomic E-state index is 0.251. The molecule has 0 atom stereocenters. The van der Waals surface area contributed by atoms with Gasteiger partial charge in [0, 0.05) is 24.8 Å². The van der Waals surface area contributed by atoms with E-state index < -0.39 is 5.91 Å². The molecule has 1 aromatic heterocycles. The number of hydrogen-bond acceptors (Lipinski definition) is 4. The van der Waals surface area contributed by atoms with Crippen molar-refractivity contribution in [2.75, 3.05) is 18.0 Å². The number of anilines is 1. The number of rotatable bonds is 4. The second-order valence-electron chi connectivity index (χ2n) is 5.51. The van der Waals surface area contributed by atoms with Crippen molar-refractivity contribution in [3.63, 3.8) is 0 Å². The molecule has 0 saturated carbocycles. The third-order valence-electron chi connectivity index (χ3n) is 3.75. The number of aliphatic imine (C=N–C) groups is 1. The molecule has 1 amide bonds. The van der Waals surface area contributed by atoms with E-state index in [2.05, 4.69) is 14.9 Å². The zero-order valence-corrected chi connectivity index (χ0v) is 13.2. The van der Waals surface area contributed by atoms with Crippen LogP contribution in [0.4, 0.5) is 5.69 Å². The molecule has 7 heteroatoms. The number of aromatic nitrogens is 1. The van der Waals surface area contributed by atoms with Crippen LogP contribution in [0.3, 0.4) is 0 Å². The highest BCUT2D eigenvalue weighted by Gasteiger charge is 2.19. The first-order valence-corrected chi connectivity index (χ1v) is 7.74. The molecule has 1 aliphatic heterocycles. The highest BCUT2D eigenvalue weighted by Crippen LogP contribution is 2.35. The molecule has 24 heavy (non-hydrogen) atoms. The van der Waals surface area contributed by atoms with Gasteiger partial charge in [-0.15, -0.1) is 0 Å². The fourth-order valence-electron chi connectivity index (χ4n) is 2.66. The molecule has 1 aromatic carbocycles. The van der Waals surface area contributed by atoms with Crippen molar-refractivity contribution in [1.82, 2.24) is 4.98 Å². The van der Waals surface area contributed by atoms with Gasteiger partial charge in [0.15, 0.2) is 11.7 Å². The molecule has 7 nitrogen and oxygen atoms in total. The van der Waals surface area contributed by atoms with Crippen molar-refractivity contribution in [2.45, 2.75) is 12.8 Å². The summed E-state index contributed by atoms with van der Waals surface area (Å²) in [6, 6.07) is 8.82. The number of amides is 1. The summed E-state index contributed by atoms with van der Waals surface area (Å²) in [6.45, 7) is 1.84. The van der Waals surface area contributed by atoms with E-state index in [0.717, 1.165) is 31.6 Å². The summed E-state index contributed by atoms with van der Waals surface area (Å²) < 4.78 is 5.94. The summed E-state index contributed by atoms with van der Waals surface area (Å²) in [7, 11) is 0. The Morgan fingerprint density at radius 2 is 2.00 bits per heavy atom. The summed E-state index contributed by atoms with van der Waals surface area (Å²) >= 11 is 0. The van der Waals surface area contributed by atoms with Crippen LogP contribution in [-0.2, 0) is 0 Å². The number of ether oxygens (including phenoxy) is 1. The van der Waals surface area contributed by atoms with E-state index in [1.165, 1.54) is 0 Å². The van der Waals surface area contributed by atoms with Gasteiger partial charge >= 0.3 is 0 Å². The molecule has 1 saturated heterocycles. The number of benzene rings is 1. The van der Waals surface area contributed by atoms with Crippen LogP contribution in [0, 0.1) is 0 Å². The van der Waals surface area contributed by atoms with Crippen molar-refractivity contribution in [3.05, 3.63) is 48.3 Å². The number of pyridine rings is 1. The molecule has 2 heterocycles. The van der Waals surface area contributed by atoms with Gasteiger partial charge in [0.25, 0.3) is 5.91 Å². The molecule has 4 N–H and O–H groups in total. The monoisotopic (exact) mass is 325 g/mol. The standard InChI is InChI=1S/C17H19N5O2/c18-17(19)21-16(23)12-5-6-15(24-13-4-3-7-20-11-13)14(10-12)22-8-1-2-9-22/h3-7,10-11H,1-2,8-9H2,(H4,18,19,21,23). The van der Waals surface area contributed by atoms with E-state index in [9.17, 15) is 4.79 Å². The predicted octanol–water partition coefficient (Wildman–Crippen LogP) is 1.89. The Morgan fingerprint density at radius 3 is 2.67 bits per heavy atom. The van der Waals surface area contributed by atoms with Crippen molar-refractivity contribution < 1.29 is 9.53 Å². The lowest BCUT2D eigenvalue weighted by Gasteiger charge is -2.21. The average Bonchev–Trinajstić information content (AvgIpc) is 3.10. The number of carbonyl (C=O) groups is 1. The van der Waals surface area contributed by atoms with Gasteiger partial charge in [-0.05, 0) is 43.2 Å². The summed E-state index contributed by atoms with van der Waals surface area (Å²) in [5, 5.41) is 0. The third kappa shape index (κ3) is 3.62. The first-order valence-electron chi connectivity index (χ1n) is 7.74. The number of carbonyl (C=O) groups excluding carboxylic acids is 1. The van der Waals surface area contributed by atoms with Gasteiger partial charge in [-0.2, -0.15) is 4.99 Å². The lowest BCUT2D eigenvalue weighted by molar-refractivity contribution is 0.100. The largest absolute Gasteiger partial charge is 0.454 e. The summed E-state index contributed by atoms with van der Waals surface area (Å²) in [5.41, 5.74) is 11.9.